The quantitative estimate of drug-likeness (QED) is 0.904. The summed E-state index contributed by atoms with van der Waals surface area (Å²) >= 11 is 3.26. The van der Waals surface area contributed by atoms with E-state index in [-0.39, 0.29) is 6.42 Å². The predicted molar refractivity (Wildman–Crippen MR) is 55.1 cm³/mol. The fourth-order valence-electron chi connectivity index (χ4n) is 1.23. The first kappa shape index (κ1) is 11.2. The van der Waals surface area contributed by atoms with Crippen molar-refractivity contribution < 1.29 is 14.3 Å². The molecule has 0 saturated heterocycles. The lowest BCUT2D eigenvalue weighted by Crippen LogP contribution is -2.08. The van der Waals surface area contributed by atoms with E-state index in [1.165, 1.54) is 0 Å². The predicted octanol–water partition coefficient (Wildman–Crippen LogP) is 2.98. The Labute approximate surface area is 89.9 Å². The van der Waals surface area contributed by atoms with Gasteiger partial charge in [0, 0.05) is 10.4 Å². The molecule has 1 aromatic carbocycles. The van der Waals surface area contributed by atoms with E-state index in [0.717, 1.165) is 4.47 Å². The summed E-state index contributed by atoms with van der Waals surface area (Å²) in [5.41, 5.74) is 0.712. The Morgan fingerprint density at radius 2 is 2.29 bits per heavy atom. The zero-order valence-corrected chi connectivity index (χ0v) is 9.00. The minimum atomic E-state index is -0.979. The van der Waals surface area contributed by atoms with Crippen LogP contribution in [0.15, 0.2) is 28.7 Å². The van der Waals surface area contributed by atoms with E-state index in [2.05, 4.69) is 15.9 Å². The van der Waals surface area contributed by atoms with Crippen LogP contribution in [0.5, 0.6) is 0 Å². The first-order chi connectivity index (χ1) is 6.63. The number of hydrogen-bond acceptors (Lipinski definition) is 1. The minimum Gasteiger partial charge on any atom is -0.481 e. The average molecular weight is 261 g/mol. The van der Waals surface area contributed by atoms with Crippen LogP contribution in [0.2, 0.25) is 0 Å². The van der Waals surface area contributed by atoms with Crippen molar-refractivity contribution in [2.75, 3.05) is 6.67 Å². The van der Waals surface area contributed by atoms with Crippen molar-refractivity contribution in [2.45, 2.75) is 12.3 Å². The molecule has 0 aromatic heterocycles. The summed E-state index contributed by atoms with van der Waals surface area (Å²) in [6, 6.07) is 7.06. The van der Waals surface area contributed by atoms with E-state index < -0.39 is 18.6 Å². The van der Waals surface area contributed by atoms with E-state index in [0.29, 0.717) is 5.56 Å². The minimum absolute atomic E-state index is 0.174. The Balaban J connectivity index is 2.83. The van der Waals surface area contributed by atoms with Gasteiger partial charge in [0.2, 0.25) is 0 Å². The van der Waals surface area contributed by atoms with Crippen molar-refractivity contribution in [3.63, 3.8) is 0 Å². The molecule has 1 N–H and O–H groups in total. The summed E-state index contributed by atoms with van der Waals surface area (Å²) in [5.74, 6) is -1.53. The summed E-state index contributed by atoms with van der Waals surface area (Å²) in [6.07, 6.45) is -0.174. The maximum absolute atomic E-state index is 12.6. The van der Waals surface area contributed by atoms with Gasteiger partial charge >= 0.3 is 5.97 Å². The molecule has 0 aliphatic heterocycles. The number of benzene rings is 1. The van der Waals surface area contributed by atoms with Crippen LogP contribution in [0.4, 0.5) is 4.39 Å². The molecule has 2 nitrogen and oxygen atoms in total. The highest BCUT2D eigenvalue weighted by Gasteiger charge is 2.15. The van der Waals surface area contributed by atoms with Crippen LogP contribution in [0, 0.1) is 0 Å². The van der Waals surface area contributed by atoms with Gasteiger partial charge in [-0.2, -0.15) is 0 Å². The van der Waals surface area contributed by atoms with Crippen LogP contribution in [0.3, 0.4) is 0 Å². The summed E-state index contributed by atoms with van der Waals surface area (Å²) in [5, 5.41) is 8.57. The van der Waals surface area contributed by atoms with Gasteiger partial charge in [-0.05, 0) is 17.7 Å². The van der Waals surface area contributed by atoms with Gasteiger partial charge in [0.1, 0.15) is 0 Å². The molecule has 1 aromatic rings. The van der Waals surface area contributed by atoms with Crippen LogP contribution in [0.25, 0.3) is 0 Å². The molecule has 0 bridgehead atoms. The highest BCUT2D eigenvalue weighted by Crippen LogP contribution is 2.23. The lowest BCUT2D eigenvalue weighted by atomic mass is 9.97. The number of aliphatic carboxylic acids is 1. The molecule has 1 atom stereocenters. The molecule has 0 fully saturated rings. The van der Waals surface area contributed by atoms with E-state index in [1.54, 1.807) is 18.2 Å². The summed E-state index contributed by atoms with van der Waals surface area (Å²) < 4.78 is 13.4. The fraction of sp³-hybridized carbons (Fsp3) is 0.300. The number of carboxylic acids is 1. The second-order valence-corrected chi connectivity index (χ2v) is 3.92. The maximum Gasteiger partial charge on any atom is 0.304 e. The van der Waals surface area contributed by atoms with E-state index in [4.69, 9.17) is 5.11 Å². The van der Waals surface area contributed by atoms with Gasteiger partial charge in [0.15, 0.2) is 0 Å². The highest BCUT2D eigenvalue weighted by atomic mass is 79.9. The van der Waals surface area contributed by atoms with Gasteiger partial charge in [0.25, 0.3) is 0 Å². The third-order valence-corrected chi connectivity index (χ3v) is 2.42. The first-order valence-corrected chi connectivity index (χ1v) is 4.96. The van der Waals surface area contributed by atoms with Crippen molar-refractivity contribution in [3.05, 3.63) is 34.3 Å². The van der Waals surface area contributed by atoms with Gasteiger partial charge in [-0.25, -0.2) is 0 Å². The third-order valence-electron chi connectivity index (χ3n) is 1.93. The van der Waals surface area contributed by atoms with Crippen LogP contribution in [-0.2, 0) is 4.79 Å². The van der Waals surface area contributed by atoms with Gasteiger partial charge < -0.3 is 5.11 Å². The molecule has 76 valence electrons. The van der Waals surface area contributed by atoms with Crippen LogP contribution in [0.1, 0.15) is 17.9 Å². The van der Waals surface area contributed by atoms with Gasteiger partial charge in [-0.15, -0.1) is 0 Å². The van der Waals surface area contributed by atoms with Crippen LogP contribution >= 0.6 is 15.9 Å². The van der Waals surface area contributed by atoms with Crippen molar-refractivity contribution in [3.8, 4) is 0 Å². The van der Waals surface area contributed by atoms with E-state index in [1.807, 2.05) is 6.07 Å². The van der Waals surface area contributed by atoms with Crippen molar-refractivity contribution >= 4 is 21.9 Å². The molecule has 0 radical (unpaired) electrons. The molecular weight excluding hydrogens is 251 g/mol. The van der Waals surface area contributed by atoms with Gasteiger partial charge in [0.05, 0.1) is 13.1 Å². The number of carboxylic acid groups (broad SMARTS) is 1. The molecule has 1 unspecified atom stereocenters. The molecule has 0 aliphatic carbocycles. The normalized spacial score (nSPS) is 12.4. The zero-order chi connectivity index (χ0) is 10.6. The number of halogens is 2. The Morgan fingerprint density at radius 3 is 2.79 bits per heavy atom. The Morgan fingerprint density at radius 1 is 1.57 bits per heavy atom. The average Bonchev–Trinajstić information content (AvgIpc) is 2.14. The van der Waals surface area contributed by atoms with Crippen molar-refractivity contribution in [1.29, 1.82) is 0 Å². The Bertz CT molecular complexity index is 328. The maximum atomic E-state index is 12.6. The van der Waals surface area contributed by atoms with Crippen molar-refractivity contribution in [1.82, 2.24) is 0 Å². The molecule has 0 aliphatic rings. The SMILES string of the molecule is O=C(O)CC(CF)c1cccc(Br)c1. The lowest BCUT2D eigenvalue weighted by molar-refractivity contribution is -0.137. The number of rotatable bonds is 4. The number of alkyl halides is 1. The van der Waals surface area contributed by atoms with Crippen LogP contribution < -0.4 is 0 Å². The molecule has 14 heavy (non-hydrogen) atoms. The summed E-state index contributed by atoms with van der Waals surface area (Å²) in [6.45, 7) is -0.650. The molecule has 0 amide bonds. The highest BCUT2D eigenvalue weighted by molar-refractivity contribution is 9.10. The van der Waals surface area contributed by atoms with E-state index in [9.17, 15) is 9.18 Å². The topological polar surface area (TPSA) is 37.3 Å². The standard InChI is InChI=1S/C10H10BrFO2/c11-9-3-1-2-7(4-9)8(6-12)5-10(13)14/h1-4,8H,5-6H2,(H,13,14). The second-order valence-electron chi connectivity index (χ2n) is 3.00. The Kier molecular flexibility index (Phi) is 4.07. The van der Waals surface area contributed by atoms with Gasteiger partial charge in [-0.3, -0.25) is 9.18 Å². The number of carbonyl (C=O) groups is 1. The molecular formula is C10H10BrFO2. The molecule has 0 spiro atoms. The first-order valence-electron chi connectivity index (χ1n) is 4.16. The second kappa shape index (κ2) is 5.10. The zero-order valence-electron chi connectivity index (χ0n) is 7.41. The smallest absolute Gasteiger partial charge is 0.304 e. The van der Waals surface area contributed by atoms with Crippen LogP contribution in [-0.4, -0.2) is 17.8 Å². The molecule has 4 heteroatoms. The lowest BCUT2D eigenvalue weighted by Gasteiger charge is -2.10. The van der Waals surface area contributed by atoms with Crippen molar-refractivity contribution in [2.24, 2.45) is 0 Å². The fourth-order valence-corrected chi connectivity index (χ4v) is 1.65. The Hall–Kier alpha value is -0.900. The summed E-state index contributed by atoms with van der Waals surface area (Å²) in [7, 11) is 0. The molecule has 0 heterocycles. The largest absolute Gasteiger partial charge is 0.481 e. The number of hydrogen-bond donors (Lipinski definition) is 1. The van der Waals surface area contributed by atoms with Gasteiger partial charge in [-0.1, -0.05) is 28.1 Å². The molecule has 0 saturated carbocycles. The monoisotopic (exact) mass is 260 g/mol. The van der Waals surface area contributed by atoms with E-state index >= 15 is 0 Å². The molecule has 1 rings (SSSR count). The summed E-state index contributed by atoms with van der Waals surface area (Å²) in [4.78, 5) is 10.4. The third kappa shape index (κ3) is 3.10.